The number of esters is 1. The van der Waals surface area contributed by atoms with E-state index in [0.717, 1.165) is 6.08 Å². The van der Waals surface area contributed by atoms with E-state index in [4.69, 9.17) is 10.00 Å². The minimum Gasteiger partial charge on any atom is -0.460 e. The fourth-order valence-corrected chi connectivity index (χ4v) is 0.378. The van der Waals surface area contributed by atoms with Crippen molar-refractivity contribution in [2.45, 2.75) is 0 Å². The van der Waals surface area contributed by atoms with Gasteiger partial charge in [-0.25, -0.2) is 4.79 Å². The maximum Gasteiger partial charge on any atom is 0.330 e. The number of nitriles is 1. The van der Waals surface area contributed by atoms with Gasteiger partial charge in [-0.1, -0.05) is 6.58 Å². The molecule has 60 valence electrons. The molecule has 4 nitrogen and oxygen atoms in total. The summed E-state index contributed by atoms with van der Waals surface area (Å²) in [4.78, 5) is 10.4. The van der Waals surface area contributed by atoms with Crippen LogP contribution < -0.4 is 0 Å². The first kappa shape index (κ1) is 9.66. The summed E-state index contributed by atoms with van der Waals surface area (Å²) < 4.78 is 9.25. The van der Waals surface area contributed by atoms with Crippen LogP contribution in [0.2, 0.25) is 0 Å². The fraction of sp³-hybridized carbons (Fsp3) is 0.429. The zero-order valence-corrected chi connectivity index (χ0v) is 6.08. The van der Waals surface area contributed by atoms with Crippen molar-refractivity contribution in [3.05, 3.63) is 12.7 Å². The maximum absolute atomic E-state index is 10.4. The molecule has 0 aromatic rings. The molecular formula is C7H9NO3. The molecule has 0 unspecified atom stereocenters. The Morgan fingerprint density at radius 1 is 1.64 bits per heavy atom. The Morgan fingerprint density at radius 2 is 2.36 bits per heavy atom. The van der Waals surface area contributed by atoms with Gasteiger partial charge in [0.15, 0.2) is 0 Å². The third-order valence-corrected chi connectivity index (χ3v) is 0.805. The molecule has 4 heteroatoms. The molecular weight excluding hydrogens is 146 g/mol. The van der Waals surface area contributed by atoms with E-state index in [1.54, 1.807) is 6.07 Å². The lowest BCUT2D eigenvalue weighted by molar-refractivity contribution is -0.139. The van der Waals surface area contributed by atoms with Gasteiger partial charge in [0.1, 0.15) is 13.2 Å². The summed E-state index contributed by atoms with van der Waals surface area (Å²) in [6, 6.07) is 1.79. The third-order valence-electron chi connectivity index (χ3n) is 0.805. The van der Waals surface area contributed by atoms with Crippen LogP contribution in [0.15, 0.2) is 12.7 Å². The first-order valence-electron chi connectivity index (χ1n) is 3.05. The SMILES string of the molecule is C=CC(=O)OCCOCC#N. The van der Waals surface area contributed by atoms with Crippen LogP contribution in [0.25, 0.3) is 0 Å². The van der Waals surface area contributed by atoms with Crippen molar-refractivity contribution >= 4 is 5.97 Å². The van der Waals surface area contributed by atoms with Crippen molar-refractivity contribution in [1.82, 2.24) is 0 Å². The van der Waals surface area contributed by atoms with Crippen LogP contribution >= 0.6 is 0 Å². The molecule has 0 aliphatic rings. The number of carbonyl (C=O) groups is 1. The molecule has 0 aliphatic heterocycles. The van der Waals surface area contributed by atoms with Crippen molar-refractivity contribution in [3.8, 4) is 6.07 Å². The number of hydrogen-bond acceptors (Lipinski definition) is 4. The van der Waals surface area contributed by atoms with Crippen LogP contribution in [0.4, 0.5) is 0 Å². The summed E-state index contributed by atoms with van der Waals surface area (Å²) in [6.45, 7) is 3.63. The molecule has 0 aliphatic carbocycles. The van der Waals surface area contributed by atoms with E-state index in [0.29, 0.717) is 0 Å². The average molecular weight is 155 g/mol. The Balaban J connectivity index is 3.09. The molecule has 0 atom stereocenters. The zero-order chi connectivity index (χ0) is 8.53. The molecule has 0 bridgehead atoms. The molecule has 0 aromatic heterocycles. The lowest BCUT2D eigenvalue weighted by atomic mass is 10.6. The lowest BCUT2D eigenvalue weighted by Crippen LogP contribution is -2.08. The number of carbonyl (C=O) groups excluding carboxylic acids is 1. The summed E-state index contributed by atoms with van der Waals surface area (Å²) in [5.41, 5.74) is 0. The molecule has 0 saturated heterocycles. The van der Waals surface area contributed by atoms with Gasteiger partial charge in [0.25, 0.3) is 0 Å². The highest BCUT2D eigenvalue weighted by Crippen LogP contribution is 1.80. The van der Waals surface area contributed by atoms with Crippen molar-refractivity contribution in [3.63, 3.8) is 0 Å². The van der Waals surface area contributed by atoms with Gasteiger partial charge < -0.3 is 9.47 Å². The minimum absolute atomic E-state index is 0.0195. The van der Waals surface area contributed by atoms with E-state index in [9.17, 15) is 4.79 Å². The fourth-order valence-electron chi connectivity index (χ4n) is 0.378. The molecule has 0 N–H and O–H groups in total. The molecule has 11 heavy (non-hydrogen) atoms. The molecule has 0 radical (unpaired) electrons. The second kappa shape index (κ2) is 6.78. The maximum atomic E-state index is 10.4. The Labute approximate surface area is 65.0 Å². The van der Waals surface area contributed by atoms with E-state index in [1.165, 1.54) is 0 Å². The van der Waals surface area contributed by atoms with Gasteiger partial charge in [-0.3, -0.25) is 0 Å². The number of ether oxygens (including phenoxy) is 2. The van der Waals surface area contributed by atoms with Crippen LogP contribution in [0.1, 0.15) is 0 Å². The average Bonchev–Trinajstić information content (AvgIpc) is 2.04. The highest BCUT2D eigenvalue weighted by molar-refractivity contribution is 5.81. The summed E-state index contributed by atoms with van der Waals surface area (Å²) in [6.07, 6.45) is 1.07. The largest absolute Gasteiger partial charge is 0.460 e. The normalized spacial score (nSPS) is 8.27. The first-order chi connectivity index (χ1) is 5.31. The van der Waals surface area contributed by atoms with Crippen molar-refractivity contribution in [2.75, 3.05) is 19.8 Å². The van der Waals surface area contributed by atoms with E-state index < -0.39 is 5.97 Å². The highest BCUT2D eigenvalue weighted by Gasteiger charge is 1.93. The van der Waals surface area contributed by atoms with E-state index in [1.807, 2.05) is 0 Å². The van der Waals surface area contributed by atoms with Crippen molar-refractivity contribution in [2.24, 2.45) is 0 Å². The molecule has 0 fully saturated rings. The predicted molar refractivity (Wildman–Crippen MR) is 37.6 cm³/mol. The molecule has 0 spiro atoms. The second-order valence-corrected chi connectivity index (χ2v) is 1.58. The molecule has 0 aromatic carbocycles. The van der Waals surface area contributed by atoms with Gasteiger partial charge in [-0.15, -0.1) is 0 Å². The van der Waals surface area contributed by atoms with Crippen molar-refractivity contribution in [1.29, 1.82) is 5.26 Å². The predicted octanol–water partition coefficient (Wildman–Crippen LogP) is 0.256. The smallest absolute Gasteiger partial charge is 0.330 e. The van der Waals surface area contributed by atoms with Crippen LogP contribution in [-0.4, -0.2) is 25.8 Å². The monoisotopic (exact) mass is 155 g/mol. The summed E-state index contributed by atoms with van der Waals surface area (Å²) >= 11 is 0. The Morgan fingerprint density at radius 3 is 2.91 bits per heavy atom. The van der Waals surface area contributed by atoms with Crippen LogP contribution in [0, 0.1) is 11.3 Å². The number of rotatable bonds is 5. The molecule has 0 heterocycles. The second-order valence-electron chi connectivity index (χ2n) is 1.58. The zero-order valence-electron chi connectivity index (χ0n) is 6.08. The van der Waals surface area contributed by atoms with Gasteiger partial charge in [-0.05, 0) is 0 Å². The minimum atomic E-state index is -0.481. The summed E-state index contributed by atoms with van der Waals surface area (Å²) in [5.74, 6) is -0.481. The molecule has 0 rings (SSSR count). The van der Waals surface area contributed by atoms with E-state index >= 15 is 0 Å². The van der Waals surface area contributed by atoms with E-state index in [2.05, 4.69) is 11.3 Å². The van der Waals surface area contributed by atoms with Gasteiger partial charge in [0, 0.05) is 6.08 Å². The number of hydrogen-bond donors (Lipinski definition) is 0. The van der Waals surface area contributed by atoms with Gasteiger partial charge in [0.2, 0.25) is 0 Å². The molecule has 0 amide bonds. The molecule has 0 saturated carbocycles. The van der Waals surface area contributed by atoms with E-state index in [-0.39, 0.29) is 19.8 Å². The van der Waals surface area contributed by atoms with Crippen LogP contribution in [0.5, 0.6) is 0 Å². The highest BCUT2D eigenvalue weighted by atomic mass is 16.6. The topological polar surface area (TPSA) is 59.3 Å². The van der Waals surface area contributed by atoms with Gasteiger partial charge in [0.05, 0.1) is 12.7 Å². The summed E-state index contributed by atoms with van der Waals surface area (Å²) in [5, 5.41) is 8.02. The van der Waals surface area contributed by atoms with Crippen LogP contribution in [0.3, 0.4) is 0 Å². The third kappa shape index (κ3) is 6.55. The standard InChI is InChI=1S/C7H9NO3/c1-2-7(9)11-6-5-10-4-3-8/h2H,1,4-6H2. The number of nitrogens with zero attached hydrogens (tertiary/aromatic N) is 1. The Hall–Kier alpha value is -1.34. The summed E-state index contributed by atoms with van der Waals surface area (Å²) in [7, 11) is 0. The first-order valence-corrected chi connectivity index (χ1v) is 3.05. The van der Waals surface area contributed by atoms with Gasteiger partial charge >= 0.3 is 5.97 Å². The van der Waals surface area contributed by atoms with Crippen molar-refractivity contribution < 1.29 is 14.3 Å². The Kier molecular flexibility index (Phi) is 5.95. The quantitative estimate of drug-likeness (QED) is 0.324. The Bertz CT molecular complexity index is 171. The van der Waals surface area contributed by atoms with Crippen LogP contribution in [-0.2, 0) is 14.3 Å². The lowest BCUT2D eigenvalue weighted by Gasteiger charge is -1.99. The van der Waals surface area contributed by atoms with Gasteiger partial charge in [-0.2, -0.15) is 5.26 Å².